The molecule has 0 amide bonds. The van der Waals surface area contributed by atoms with Crippen LogP contribution in [0, 0.1) is 20.8 Å². The monoisotopic (exact) mass is 432 g/mol. The average Bonchev–Trinajstić information content (AvgIpc) is 3.33. The van der Waals surface area contributed by atoms with Crippen LogP contribution in [0.2, 0.25) is 0 Å². The standard InChI is InChI=1S/C25H24N2O3S/c1-15-9-16(2)11-18(10-15)13-27-17(3)21(25(28)29)12-23(27)22-14-31-24(26-22)19-5-7-20(30-4)8-6-19/h5-12,14H,13H2,1-4H3,(H,28,29). The summed E-state index contributed by atoms with van der Waals surface area (Å²) in [5.74, 6) is -0.131. The van der Waals surface area contributed by atoms with Gasteiger partial charge < -0.3 is 14.4 Å². The molecule has 158 valence electrons. The fourth-order valence-electron chi connectivity index (χ4n) is 3.88. The molecule has 0 aliphatic carbocycles. The number of hydrogen-bond acceptors (Lipinski definition) is 4. The number of hydrogen-bond donors (Lipinski definition) is 1. The predicted octanol–water partition coefficient (Wildman–Crippen LogP) is 5.96. The minimum atomic E-state index is -0.927. The predicted molar refractivity (Wildman–Crippen MR) is 124 cm³/mol. The molecule has 4 aromatic rings. The van der Waals surface area contributed by atoms with E-state index in [2.05, 4.69) is 32.0 Å². The first-order valence-electron chi connectivity index (χ1n) is 9.96. The third kappa shape index (κ3) is 4.25. The smallest absolute Gasteiger partial charge is 0.337 e. The number of rotatable bonds is 6. The van der Waals surface area contributed by atoms with E-state index in [0.29, 0.717) is 12.1 Å². The van der Waals surface area contributed by atoms with E-state index >= 15 is 0 Å². The third-order valence-electron chi connectivity index (χ3n) is 5.32. The van der Waals surface area contributed by atoms with Gasteiger partial charge in [-0.3, -0.25) is 0 Å². The zero-order valence-electron chi connectivity index (χ0n) is 18.0. The average molecular weight is 433 g/mol. The second-order valence-electron chi connectivity index (χ2n) is 7.68. The highest BCUT2D eigenvalue weighted by Crippen LogP contribution is 2.32. The number of carboxylic acids is 1. The highest BCUT2D eigenvalue weighted by Gasteiger charge is 2.20. The van der Waals surface area contributed by atoms with E-state index in [0.717, 1.165) is 39.0 Å². The minimum absolute atomic E-state index is 0.304. The molecule has 0 bridgehead atoms. The van der Waals surface area contributed by atoms with Crippen molar-refractivity contribution >= 4 is 17.3 Å². The molecule has 6 heteroatoms. The Morgan fingerprint density at radius 2 is 1.74 bits per heavy atom. The number of aromatic nitrogens is 2. The van der Waals surface area contributed by atoms with Gasteiger partial charge in [0.1, 0.15) is 10.8 Å². The number of thiazole rings is 1. The summed E-state index contributed by atoms with van der Waals surface area (Å²) < 4.78 is 7.28. The van der Waals surface area contributed by atoms with Crippen molar-refractivity contribution in [2.75, 3.05) is 7.11 Å². The van der Waals surface area contributed by atoms with Gasteiger partial charge in [-0.25, -0.2) is 9.78 Å². The molecule has 0 aliphatic rings. The van der Waals surface area contributed by atoms with E-state index in [9.17, 15) is 9.90 Å². The van der Waals surface area contributed by atoms with Crippen molar-refractivity contribution in [2.45, 2.75) is 27.3 Å². The first kappa shape index (κ1) is 20.9. The first-order valence-corrected chi connectivity index (χ1v) is 10.8. The van der Waals surface area contributed by atoms with Gasteiger partial charge in [0, 0.05) is 23.2 Å². The van der Waals surface area contributed by atoms with Crippen molar-refractivity contribution in [3.8, 4) is 27.7 Å². The molecule has 0 unspecified atom stereocenters. The minimum Gasteiger partial charge on any atom is -0.497 e. The van der Waals surface area contributed by atoms with Crippen LogP contribution in [-0.2, 0) is 6.54 Å². The summed E-state index contributed by atoms with van der Waals surface area (Å²) >= 11 is 1.54. The zero-order valence-corrected chi connectivity index (χ0v) is 18.8. The summed E-state index contributed by atoms with van der Waals surface area (Å²) in [6.07, 6.45) is 0. The quantitative estimate of drug-likeness (QED) is 0.408. The zero-order chi connectivity index (χ0) is 22.1. The second kappa shape index (κ2) is 8.40. The Morgan fingerprint density at radius 3 is 2.35 bits per heavy atom. The Bertz CT molecular complexity index is 1230. The van der Waals surface area contributed by atoms with Crippen molar-refractivity contribution in [1.82, 2.24) is 9.55 Å². The molecule has 0 atom stereocenters. The van der Waals surface area contributed by atoms with Crippen LogP contribution < -0.4 is 4.74 Å². The van der Waals surface area contributed by atoms with Crippen molar-refractivity contribution < 1.29 is 14.6 Å². The normalized spacial score (nSPS) is 11.0. The molecule has 4 rings (SSSR count). The van der Waals surface area contributed by atoms with Crippen LogP contribution in [0.5, 0.6) is 5.75 Å². The number of methoxy groups -OCH3 is 1. The molecule has 31 heavy (non-hydrogen) atoms. The molecular weight excluding hydrogens is 408 g/mol. The SMILES string of the molecule is COc1ccc(-c2nc(-c3cc(C(=O)O)c(C)n3Cc3cc(C)cc(C)c3)cs2)cc1. The van der Waals surface area contributed by atoms with E-state index < -0.39 is 5.97 Å². The summed E-state index contributed by atoms with van der Waals surface area (Å²) in [5.41, 5.74) is 7.13. The molecule has 0 saturated heterocycles. The lowest BCUT2D eigenvalue weighted by atomic mass is 10.1. The van der Waals surface area contributed by atoms with Gasteiger partial charge in [-0.2, -0.15) is 0 Å². The molecule has 0 spiro atoms. The van der Waals surface area contributed by atoms with E-state index in [-0.39, 0.29) is 0 Å². The fraction of sp³-hybridized carbons (Fsp3) is 0.200. The van der Waals surface area contributed by atoms with E-state index in [1.165, 1.54) is 11.1 Å². The van der Waals surface area contributed by atoms with Gasteiger partial charge in [-0.1, -0.05) is 29.3 Å². The lowest BCUT2D eigenvalue weighted by Gasteiger charge is -2.12. The maximum absolute atomic E-state index is 11.8. The number of ether oxygens (including phenoxy) is 1. The number of carboxylic acid groups (broad SMARTS) is 1. The lowest BCUT2D eigenvalue weighted by Crippen LogP contribution is -2.06. The summed E-state index contributed by atoms with van der Waals surface area (Å²) in [7, 11) is 1.64. The number of aromatic carboxylic acids is 1. The van der Waals surface area contributed by atoms with Crippen molar-refractivity contribution in [2.24, 2.45) is 0 Å². The Balaban J connectivity index is 1.76. The Kier molecular flexibility index (Phi) is 5.65. The third-order valence-corrected chi connectivity index (χ3v) is 6.21. The topological polar surface area (TPSA) is 64.3 Å². The van der Waals surface area contributed by atoms with Crippen LogP contribution in [0.3, 0.4) is 0 Å². The molecular formula is C25H24N2O3S. The molecule has 0 aliphatic heterocycles. The van der Waals surface area contributed by atoms with Crippen LogP contribution >= 0.6 is 11.3 Å². The van der Waals surface area contributed by atoms with Crippen LogP contribution in [0.4, 0.5) is 0 Å². The van der Waals surface area contributed by atoms with Crippen molar-refractivity contribution in [3.05, 3.63) is 81.9 Å². The maximum atomic E-state index is 11.8. The van der Waals surface area contributed by atoms with Crippen molar-refractivity contribution in [3.63, 3.8) is 0 Å². The summed E-state index contributed by atoms with van der Waals surface area (Å²) in [5, 5.41) is 12.6. The van der Waals surface area contributed by atoms with Gasteiger partial charge in [-0.15, -0.1) is 11.3 Å². The van der Waals surface area contributed by atoms with Gasteiger partial charge in [-0.05, 0) is 56.7 Å². The van der Waals surface area contributed by atoms with Gasteiger partial charge >= 0.3 is 5.97 Å². The van der Waals surface area contributed by atoms with Gasteiger partial charge in [0.2, 0.25) is 0 Å². The highest BCUT2D eigenvalue weighted by atomic mass is 32.1. The van der Waals surface area contributed by atoms with E-state index in [1.807, 2.05) is 41.1 Å². The summed E-state index contributed by atoms with van der Waals surface area (Å²) in [6.45, 7) is 6.59. The Morgan fingerprint density at radius 1 is 1.06 bits per heavy atom. The number of carbonyl (C=O) groups is 1. The van der Waals surface area contributed by atoms with Crippen LogP contribution in [-0.4, -0.2) is 27.7 Å². The summed E-state index contributed by atoms with van der Waals surface area (Å²) in [6, 6.07) is 15.9. The number of benzene rings is 2. The van der Waals surface area contributed by atoms with Gasteiger partial charge in [0.25, 0.3) is 0 Å². The van der Waals surface area contributed by atoms with Crippen molar-refractivity contribution in [1.29, 1.82) is 0 Å². The van der Waals surface area contributed by atoms with Crippen LogP contribution in [0.1, 0.15) is 32.7 Å². The van der Waals surface area contributed by atoms with E-state index in [1.54, 1.807) is 24.5 Å². The molecule has 1 N–H and O–H groups in total. The van der Waals surface area contributed by atoms with E-state index in [4.69, 9.17) is 9.72 Å². The summed E-state index contributed by atoms with van der Waals surface area (Å²) in [4.78, 5) is 16.6. The Labute approximate surface area is 185 Å². The first-order chi connectivity index (χ1) is 14.9. The largest absolute Gasteiger partial charge is 0.497 e. The number of aryl methyl sites for hydroxylation is 2. The molecule has 2 aromatic heterocycles. The number of nitrogens with zero attached hydrogens (tertiary/aromatic N) is 2. The lowest BCUT2D eigenvalue weighted by molar-refractivity contribution is 0.0696. The molecule has 0 saturated carbocycles. The second-order valence-corrected chi connectivity index (χ2v) is 8.54. The fourth-order valence-corrected chi connectivity index (χ4v) is 4.70. The highest BCUT2D eigenvalue weighted by molar-refractivity contribution is 7.13. The van der Waals surface area contributed by atoms with Crippen LogP contribution in [0.15, 0.2) is 53.9 Å². The molecule has 2 aromatic carbocycles. The maximum Gasteiger partial charge on any atom is 0.337 e. The van der Waals surface area contributed by atoms with Gasteiger partial charge in [0.15, 0.2) is 0 Å². The molecule has 5 nitrogen and oxygen atoms in total. The Hall–Kier alpha value is -3.38. The molecule has 0 fully saturated rings. The van der Waals surface area contributed by atoms with Gasteiger partial charge in [0.05, 0.1) is 24.1 Å². The van der Waals surface area contributed by atoms with Crippen LogP contribution in [0.25, 0.3) is 22.0 Å². The molecule has 0 radical (unpaired) electrons. The molecule has 2 heterocycles.